The summed E-state index contributed by atoms with van der Waals surface area (Å²) in [6.07, 6.45) is 6.40. The zero-order chi connectivity index (χ0) is 19.0. The molecule has 4 rings (SSSR count). The van der Waals surface area contributed by atoms with Gasteiger partial charge in [-0.25, -0.2) is 4.98 Å². The largest absolute Gasteiger partial charge is 0.393 e. The van der Waals surface area contributed by atoms with E-state index in [9.17, 15) is 9.90 Å². The van der Waals surface area contributed by atoms with Gasteiger partial charge in [0, 0.05) is 52.1 Å². The second-order valence-corrected chi connectivity index (χ2v) is 8.43. The number of nitrogens with zero attached hydrogens (tertiary/aromatic N) is 5. The molecule has 2 aliphatic heterocycles. The molecule has 7 heteroatoms. The van der Waals surface area contributed by atoms with E-state index in [1.165, 1.54) is 12.8 Å². The Labute approximate surface area is 161 Å². The molecule has 1 amide bonds. The smallest absolute Gasteiger partial charge is 0.227 e. The normalized spacial score (nSPS) is 20.6. The number of fused-ring (bicyclic) bond motifs is 1. The van der Waals surface area contributed by atoms with Crippen molar-refractivity contribution < 1.29 is 9.90 Å². The van der Waals surface area contributed by atoms with Gasteiger partial charge in [0.2, 0.25) is 11.9 Å². The molecule has 0 radical (unpaired) electrons. The zero-order valence-corrected chi connectivity index (χ0v) is 16.5. The Kier molecular flexibility index (Phi) is 5.21. The second kappa shape index (κ2) is 7.62. The maximum Gasteiger partial charge on any atom is 0.227 e. The van der Waals surface area contributed by atoms with Crippen LogP contribution in [0.15, 0.2) is 0 Å². The highest BCUT2D eigenvalue weighted by Gasteiger charge is 2.30. The summed E-state index contributed by atoms with van der Waals surface area (Å²) < 4.78 is 0. The van der Waals surface area contributed by atoms with E-state index in [0.717, 1.165) is 74.3 Å². The molecule has 0 aromatic carbocycles. The lowest BCUT2D eigenvalue weighted by molar-refractivity contribution is -0.132. The molecule has 2 fully saturated rings. The third-order valence-electron chi connectivity index (χ3n) is 6.01. The van der Waals surface area contributed by atoms with Gasteiger partial charge in [0.25, 0.3) is 0 Å². The number of hydrogen-bond donors (Lipinski definition) is 1. The van der Waals surface area contributed by atoms with Gasteiger partial charge >= 0.3 is 0 Å². The second-order valence-electron chi connectivity index (χ2n) is 8.43. The number of aromatic nitrogens is 2. The van der Waals surface area contributed by atoms with Gasteiger partial charge in [-0.3, -0.25) is 4.79 Å². The van der Waals surface area contributed by atoms with Crippen LogP contribution in [0.3, 0.4) is 0 Å². The van der Waals surface area contributed by atoms with Crippen LogP contribution < -0.4 is 9.80 Å². The summed E-state index contributed by atoms with van der Waals surface area (Å²) in [7, 11) is 3.92. The number of rotatable bonds is 5. The van der Waals surface area contributed by atoms with Gasteiger partial charge in [0.05, 0.1) is 18.3 Å². The molecule has 7 nitrogen and oxygen atoms in total. The predicted octanol–water partition coefficient (Wildman–Crippen LogP) is 1.58. The van der Waals surface area contributed by atoms with Crippen molar-refractivity contribution in [1.29, 1.82) is 0 Å². The third kappa shape index (κ3) is 4.18. The van der Waals surface area contributed by atoms with E-state index in [4.69, 9.17) is 9.97 Å². The fourth-order valence-electron chi connectivity index (χ4n) is 4.03. The fraction of sp³-hybridized carbons (Fsp3) is 0.750. The summed E-state index contributed by atoms with van der Waals surface area (Å²) in [5.74, 6) is 2.73. The molecule has 3 aliphatic rings. The average molecular weight is 374 g/mol. The minimum Gasteiger partial charge on any atom is -0.393 e. The van der Waals surface area contributed by atoms with E-state index in [0.29, 0.717) is 13.0 Å². The minimum absolute atomic E-state index is 0.215. The van der Waals surface area contributed by atoms with Crippen LogP contribution >= 0.6 is 0 Å². The molecule has 0 bridgehead atoms. The van der Waals surface area contributed by atoms with Crippen molar-refractivity contribution in [3.63, 3.8) is 0 Å². The highest BCUT2D eigenvalue weighted by molar-refractivity contribution is 5.77. The Balaban J connectivity index is 1.56. The molecular weight excluding hydrogens is 342 g/mol. The fourth-order valence-corrected chi connectivity index (χ4v) is 4.03. The highest BCUT2D eigenvalue weighted by atomic mass is 16.3. The Morgan fingerprint density at radius 1 is 1.15 bits per heavy atom. The van der Waals surface area contributed by atoms with Crippen molar-refractivity contribution in [3.05, 3.63) is 11.3 Å². The minimum atomic E-state index is -0.215. The maximum atomic E-state index is 12.7. The van der Waals surface area contributed by atoms with Crippen LogP contribution in [0.4, 0.5) is 11.8 Å². The number of piperidine rings is 1. The molecule has 1 saturated heterocycles. The lowest BCUT2D eigenvalue weighted by Crippen LogP contribution is -2.41. The first-order chi connectivity index (χ1) is 13.0. The van der Waals surface area contributed by atoms with Crippen LogP contribution in [0, 0.1) is 5.92 Å². The molecule has 0 spiro atoms. The van der Waals surface area contributed by atoms with Crippen molar-refractivity contribution in [2.75, 3.05) is 43.5 Å². The van der Waals surface area contributed by atoms with Crippen molar-refractivity contribution in [2.45, 2.75) is 57.6 Å². The van der Waals surface area contributed by atoms with Crippen molar-refractivity contribution in [2.24, 2.45) is 5.92 Å². The van der Waals surface area contributed by atoms with Gasteiger partial charge in [0.1, 0.15) is 5.82 Å². The van der Waals surface area contributed by atoms with Crippen LogP contribution in [-0.4, -0.2) is 65.7 Å². The molecule has 148 valence electrons. The molecule has 1 aromatic heterocycles. The van der Waals surface area contributed by atoms with E-state index < -0.39 is 0 Å². The molecule has 1 aromatic rings. The van der Waals surface area contributed by atoms with E-state index in [2.05, 4.69) is 4.90 Å². The van der Waals surface area contributed by atoms with Gasteiger partial charge in [0.15, 0.2) is 0 Å². The monoisotopic (exact) mass is 373 g/mol. The molecule has 0 unspecified atom stereocenters. The summed E-state index contributed by atoms with van der Waals surface area (Å²) in [5.41, 5.74) is 2.17. The van der Waals surface area contributed by atoms with Crippen molar-refractivity contribution in [3.8, 4) is 0 Å². The quantitative estimate of drug-likeness (QED) is 0.845. The molecule has 0 atom stereocenters. The first-order valence-electron chi connectivity index (χ1n) is 10.3. The molecule has 27 heavy (non-hydrogen) atoms. The molecule has 1 N–H and O–H groups in total. The van der Waals surface area contributed by atoms with E-state index in [1.807, 2.05) is 23.9 Å². The molecular formula is C20H31N5O2. The summed E-state index contributed by atoms with van der Waals surface area (Å²) in [6.45, 7) is 2.96. The predicted molar refractivity (Wildman–Crippen MR) is 105 cm³/mol. The van der Waals surface area contributed by atoms with Crippen molar-refractivity contribution in [1.82, 2.24) is 14.9 Å². The summed E-state index contributed by atoms with van der Waals surface area (Å²) >= 11 is 0. The number of aliphatic hydroxyl groups is 1. The summed E-state index contributed by atoms with van der Waals surface area (Å²) in [4.78, 5) is 28.5. The summed E-state index contributed by atoms with van der Waals surface area (Å²) in [5, 5.41) is 9.86. The van der Waals surface area contributed by atoms with Gasteiger partial charge in [-0.05, 0) is 25.2 Å². The Morgan fingerprint density at radius 3 is 2.56 bits per heavy atom. The number of amides is 1. The number of aliphatic hydroxyl groups excluding tert-OH is 1. The zero-order valence-electron chi connectivity index (χ0n) is 16.5. The van der Waals surface area contributed by atoms with Crippen LogP contribution in [0.2, 0.25) is 0 Å². The molecule has 3 heterocycles. The van der Waals surface area contributed by atoms with Crippen LogP contribution in [0.25, 0.3) is 0 Å². The van der Waals surface area contributed by atoms with Crippen LogP contribution in [0.5, 0.6) is 0 Å². The van der Waals surface area contributed by atoms with E-state index in [-0.39, 0.29) is 12.0 Å². The van der Waals surface area contributed by atoms with E-state index >= 15 is 0 Å². The summed E-state index contributed by atoms with van der Waals surface area (Å²) in [6, 6.07) is 0. The molecule has 1 saturated carbocycles. The maximum absolute atomic E-state index is 12.7. The third-order valence-corrected chi connectivity index (χ3v) is 6.01. The van der Waals surface area contributed by atoms with Crippen LogP contribution in [-0.2, 0) is 17.8 Å². The van der Waals surface area contributed by atoms with Gasteiger partial charge < -0.3 is 19.8 Å². The van der Waals surface area contributed by atoms with Crippen molar-refractivity contribution >= 4 is 17.7 Å². The van der Waals surface area contributed by atoms with Gasteiger partial charge in [-0.1, -0.05) is 12.8 Å². The van der Waals surface area contributed by atoms with Gasteiger partial charge in [-0.2, -0.15) is 4.98 Å². The Bertz CT molecular complexity index is 696. The van der Waals surface area contributed by atoms with E-state index in [1.54, 1.807) is 0 Å². The number of hydrogen-bond acceptors (Lipinski definition) is 6. The SMILES string of the molecule is CN(C)c1nc2c(c(N3CCC(O)CC3)n1)CN(C(=O)CCC1CC1)CC2. The lowest BCUT2D eigenvalue weighted by atomic mass is 10.0. The van der Waals surface area contributed by atoms with Crippen LogP contribution in [0.1, 0.15) is 49.8 Å². The number of anilines is 2. The number of carbonyl (C=O) groups excluding carboxylic acids is 1. The topological polar surface area (TPSA) is 72.8 Å². The standard InChI is InChI=1S/C20H31N5O2/c1-23(2)20-21-17-9-12-25(18(27)6-5-14-3-4-14)13-16(17)19(22-20)24-10-7-15(26)8-11-24/h14-15,26H,3-13H2,1-2H3. The first-order valence-corrected chi connectivity index (χ1v) is 10.3. The molecule has 1 aliphatic carbocycles. The Morgan fingerprint density at radius 2 is 1.89 bits per heavy atom. The van der Waals surface area contributed by atoms with Gasteiger partial charge in [-0.15, -0.1) is 0 Å². The highest BCUT2D eigenvalue weighted by Crippen LogP contribution is 2.34. The number of carbonyl (C=O) groups is 1. The first kappa shape index (κ1) is 18.5. The lowest BCUT2D eigenvalue weighted by Gasteiger charge is -2.36. The Hall–Kier alpha value is -1.89. The average Bonchev–Trinajstić information content (AvgIpc) is 3.50.